The fourth-order valence-corrected chi connectivity index (χ4v) is 2.99. The van der Waals surface area contributed by atoms with Crippen molar-refractivity contribution >= 4 is 15.9 Å². The van der Waals surface area contributed by atoms with Gasteiger partial charge in [-0.05, 0) is 24.6 Å². The van der Waals surface area contributed by atoms with Gasteiger partial charge in [0.05, 0.1) is 13.2 Å². The topological polar surface area (TPSA) is 62.8 Å². The third-order valence-corrected chi connectivity index (χ3v) is 4.23. The smallest absolute Gasteiger partial charge is 0.166 e. The summed E-state index contributed by atoms with van der Waals surface area (Å²) < 4.78 is 12.5. The molecule has 0 aromatic heterocycles. The van der Waals surface area contributed by atoms with Crippen molar-refractivity contribution in [2.75, 3.05) is 26.7 Å². The molecule has 0 aliphatic rings. The number of aliphatic hydroxyl groups is 1. The fourth-order valence-electron chi connectivity index (χ4n) is 2.51. The average molecular weight is 423 g/mol. The molecule has 0 fully saturated rings. The van der Waals surface area contributed by atoms with Gasteiger partial charge in [-0.15, -0.1) is 0 Å². The van der Waals surface area contributed by atoms with Gasteiger partial charge >= 0.3 is 0 Å². The van der Waals surface area contributed by atoms with E-state index in [0.717, 1.165) is 34.4 Å². The van der Waals surface area contributed by atoms with Crippen LogP contribution in [0.4, 0.5) is 0 Å². The number of ether oxygens (including phenoxy) is 2. The second-order valence-corrected chi connectivity index (χ2v) is 7.02. The summed E-state index contributed by atoms with van der Waals surface area (Å²) in [6.07, 6.45) is -0.331. The molecule has 6 heteroatoms. The van der Waals surface area contributed by atoms with Crippen LogP contribution in [-0.2, 0) is 13.2 Å². The molecule has 0 radical (unpaired) electrons. The zero-order chi connectivity index (χ0) is 18.8. The minimum Gasteiger partial charge on any atom is -0.493 e. The van der Waals surface area contributed by atoms with Crippen molar-refractivity contribution in [2.45, 2.75) is 26.2 Å². The van der Waals surface area contributed by atoms with E-state index < -0.39 is 0 Å². The molecule has 1 unspecified atom stereocenters. The van der Waals surface area contributed by atoms with E-state index in [1.165, 1.54) is 0 Å². The lowest BCUT2D eigenvalue weighted by Crippen LogP contribution is -2.31. The lowest BCUT2D eigenvalue weighted by Gasteiger charge is -2.17. The van der Waals surface area contributed by atoms with Crippen molar-refractivity contribution in [1.82, 2.24) is 10.6 Å². The highest BCUT2D eigenvalue weighted by atomic mass is 79.9. The van der Waals surface area contributed by atoms with E-state index in [1.807, 2.05) is 42.5 Å². The monoisotopic (exact) mass is 422 g/mol. The third-order valence-electron chi connectivity index (χ3n) is 3.78. The van der Waals surface area contributed by atoms with Gasteiger partial charge in [-0.1, -0.05) is 46.3 Å². The highest BCUT2D eigenvalue weighted by Gasteiger charge is 2.13. The maximum absolute atomic E-state index is 9.25. The number of rotatable bonds is 11. The Hall–Kier alpha value is -1.60. The van der Waals surface area contributed by atoms with Gasteiger partial charge in [0.25, 0.3) is 0 Å². The Morgan fingerprint density at radius 1 is 1.12 bits per heavy atom. The number of aliphatic hydroxyl groups excluding tert-OH is 1. The molecule has 142 valence electrons. The first-order valence-corrected chi connectivity index (χ1v) is 9.52. The van der Waals surface area contributed by atoms with Crippen LogP contribution in [0.1, 0.15) is 18.1 Å². The molecule has 2 aromatic carbocycles. The predicted octanol–water partition coefficient (Wildman–Crippen LogP) is 3.10. The lowest BCUT2D eigenvalue weighted by molar-refractivity contribution is 0.191. The van der Waals surface area contributed by atoms with Crippen molar-refractivity contribution in [3.63, 3.8) is 0 Å². The first-order chi connectivity index (χ1) is 12.6. The summed E-state index contributed by atoms with van der Waals surface area (Å²) in [5, 5.41) is 15.8. The summed E-state index contributed by atoms with van der Waals surface area (Å²) in [7, 11) is 1.65. The Morgan fingerprint density at radius 3 is 2.54 bits per heavy atom. The molecule has 0 bridgehead atoms. The van der Waals surface area contributed by atoms with Gasteiger partial charge in [0.15, 0.2) is 11.5 Å². The van der Waals surface area contributed by atoms with Gasteiger partial charge in [0, 0.05) is 36.2 Å². The van der Waals surface area contributed by atoms with Crippen LogP contribution in [0.15, 0.2) is 46.9 Å². The summed E-state index contributed by atoms with van der Waals surface area (Å²) in [6, 6.07) is 14.0. The van der Waals surface area contributed by atoms with Gasteiger partial charge < -0.3 is 25.2 Å². The summed E-state index contributed by atoms with van der Waals surface area (Å²) in [5.41, 5.74) is 2.14. The number of hydrogen-bond acceptors (Lipinski definition) is 5. The zero-order valence-corrected chi connectivity index (χ0v) is 16.9. The number of methoxy groups -OCH3 is 1. The molecule has 1 atom stereocenters. The first kappa shape index (κ1) is 20.7. The summed E-state index contributed by atoms with van der Waals surface area (Å²) in [5.74, 6) is 1.46. The van der Waals surface area contributed by atoms with Crippen molar-refractivity contribution in [3.05, 3.63) is 58.1 Å². The van der Waals surface area contributed by atoms with Crippen LogP contribution >= 0.6 is 15.9 Å². The Bertz CT molecular complexity index is 666. The number of hydrogen-bond donors (Lipinski definition) is 3. The quantitative estimate of drug-likeness (QED) is 0.485. The van der Waals surface area contributed by atoms with Crippen LogP contribution in [0.25, 0.3) is 0 Å². The van der Waals surface area contributed by atoms with Crippen LogP contribution < -0.4 is 20.1 Å². The second-order valence-electron chi connectivity index (χ2n) is 6.10. The number of benzene rings is 2. The van der Waals surface area contributed by atoms with E-state index in [9.17, 15) is 5.11 Å². The molecule has 26 heavy (non-hydrogen) atoms. The first-order valence-electron chi connectivity index (χ1n) is 8.72. The van der Waals surface area contributed by atoms with E-state index in [2.05, 4.69) is 26.6 Å². The minimum absolute atomic E-state index is 0.331. The normalized spacial score (nSPS) is 12.0. The Morgan fingerprint density at radius 2 is 1.85 bits per heavy atom. The molecule has 0 amide bonds. The molecule has 2 rings (SSSR count). The molecule has 2 aromatic rings. The van der Waals surface area contributed by atoms with Crippen LogP contribution in [0.5, 0.6) is 11.5 Å². The predicted molar refractivity (Wildman–Crippen MR) is 108 cm³/mol. The summed E-state index contributed by atoms with van der Waals surface area (Å²) >= 11 is 3.53. The Labute approximate surface area is 163 Å². The molecule has 0 aliphatic heterocycles. The van der Waals surface area contributed by atoms with E-state index in [0.29, 0.717) is 25.4 Å². The van der Waals surface area contributed by atoms with Gasteiger partial charge in [0.2, 0.25) is 0 Å². The molecule has 0 saturated carbocycles. The molecule has 0 aliphatic carbocycles. The van der Waals surface area contributed by atoms with Gasteiger partial charge in [-0.25, -0.2) is 0 Å². The van der Waals surface area contributed by atoms with Crippen LogP contribution in [-0.4, -0.2) is 38.0 Å². The zero-order valence-electron chi connectivity index (χ0n) is 15.3. The van der Waals surface area contributed by atoms with Crippen LogP contribution in [0, 0.1) is 0 Å². The number of halogens is 1. The molecule has 0 spiro atoms. The maximum Gasteiger partial charge on any atom is 0.166 e. The lowest BCUT2D eigenvalue weighted by atomic mass is 10.1. The molecular weight excluding hydrogens is 396 g/mol. The molecule has 0 saturated heterocycles. The summed E-state index contributed by atoms with van der Waals surface area (Å²) in [4.78, 5) is 0. The largest absolute Gasteiger partial charge is 0.493 e. The van der Waals surface area contributed by atoms with E-state index in [4.69, 9.17) is 9.47 Å². The van der Waals surface area contributed by atoms with Gasteiger partial charge in [0.1, 0.15) is 6.61 Å². The highest BCUT2D eigenvalue weighted by molar-refractivity contribution is 9.10. The average Bonchev–Trinajstić information content (AvgIpc) is 2.63. The van der Waals surface area contributed by atoms with Crippen LogP contribution in [0.2, 0.25) is 0 Å². The van der Waals surface area contributed by atoms with Crippen LogP contribution in [0.3, 0.4) is 0 Å². The second kappa shape index (κ2) is 11.2. The van der Waals surface area contributed by atoms with Crippen molar-refractivity contribution < 1.29 is 14.6 Å². The molecule has 5 nitrogen and oxygen atoms in total. The van der Waals surface area contributed by atoms with Gasteiger partial charge in [-0.3, -0.25) is 0 Å². The van der Waals surface area contributed by atoms with E-state index in [-0.39, 0.29) is 6.10 Å². The fraction of sp³-hybridized carbons (Fsp3) is 0.400. The summed E-state index contributed by atoms with van der Waals surface area (Å²) in [6.45, 7) is 5.09. The minimum atomic E-state index is -0.331. The Balaban J connectivity index is 1.98. The molecule has 0 heterocycles. The van der Waals surface area contributed by atoms with Gasteiger partial charge in [-0.2, -0.15) is 0 Å². The number of nitrogens with one attached hydrogen (secondary N) is 2. The standard InChI is InChI=1S/C20H27BrN2O3/c1-15(24)12-22-8-9-23-13-17-10-18(21)11-19(25-2)20(17)26-14-16-6-4-3-5-7-16/h3-7,10-11,15,22-24H,8-9,12-14H2,1-2H3. The third kappa shape index (κ3) is 6.96. The van der Waals surface area contributed by atoms with E-state index in [1.54, 1.807) is 14.0 Å². The van der Waals surface area contributed by atoms with E-state index >= 15 is 0 Å². The van der Waals surface area contributed by atoms with Crippen molar-refractivity contribution in [3.8, 4) is 11.5 Å². The maximum atomic E-state index is 9.25. The van der Waals surface area contributed by atoms with Crippen molar-refractivity contribution in [1.29, 1.82) is 0 Å². The van der Waals surface area contributed by atoms with Crippen molar-refractivity contribution in [2.24, 2.45) is 0 Å². The molecular formula is C20H27BrN2O3. The Kier molecular flexibility index (Phi) is 8.91. The molecule has 3 N–H and O–H groups in total. The highest BCUT2D eigenvalue weighted by Crippen LogP contribution is 2.35. The SMILES string of the molecule is COc1cc(Br)cc(CNCCNCC(C)O)c1OCc1ccccc1.